The van der Waals surface area contributed by atoms with E-state index in [9.17, 15) is 9.59 Å². The zero-order valence-electron chi connectivity index (χ0n) is 9.94. The number of carboxylic acid groups (broad SMARTS) is 1. The first-order valence-corrected chi connectivity index (χ1v) is 7.04. The van der Waals surface area contributed by atoms with E-state index < -0.39 is 5.97 Å². The van der Waals surface area contributed by atoms with Gasteiger partial charge < -0.3 is 10.4 Å². The summed E-state index contributed by atoms with van der Waals surface area (Å²) in [6.45, 7) is 1.83. The molecule has 0 atom stereocenters. The number of aryl methyl sites for hydroxylation is 1. The summed E-state index contributed by atoms with van der Waals surface area (Å²) >= 11 is 4.52. The SMILES string of the molecule is Cc1cc(Br)ccc1C(=O)Nc1sccc1C(=O)O. The van der Waals surface area contributed by atoms with Crippen LogP contribution in [0.2, 0.25) is 0 Å². The maximum Gasteiger partial charge on any atom is 0.338 e. The molecule has 1 aromatic heterocycles. The van der Waals surface area contributed by atoms with Crippen LogP contribution >= 0.6 is 27.3 Å². The van der Waals surface area contributed by atoms with Crippen LogP contribution in [0.25, 0.3) is 0 Å². The Balaban J connectivity index is 2.26. The molecule has 0 bridgehead atoms. The Hall–Kier alpha value is -1.66. The average Bonchev–Trinajstić information content (AvgIpc) is 2.76. The molecule has 1 aromatic carbocycles. The van der Waals surface area contributed by atoms with E-state index in [-0.39, 0.29) is 11.5 Å². The number of carbonyl (C=O) groups is 2. The topological polar surface area (TPSA) is 66.4 Å². The van der Waals surface area contributed by atoms with Gasteiger partial charge in [0, 0.05) is 10.0 Å². The number of benzene rings is 1. The van der Waals surface area contributed by atoms with Crippen LogP contribution in [0.1, 0.15) is 26.3 Å². The van der Waals surface area contributed by atoms with Crippen molar-refractivity contribution in [2.75, 3.05) is 5.32 Å². The lowest BCUT2D eigenvalue weighted by atomic mass is 10.1. The van der Waals surface area contributed by atoms with E-state index in [0.717, 1.165) is 10.0 Å². The van der Waals surface area contributed by atoms with Crippen LogP contribution in [0.15, 0.2) is 34.1 Å². The summed E-state index contributed by atoms with van der Waals surface area (Å²) in [5.41, 5.74) is 1.45. The first-order chi connectivity index (χ1) is 8.99. The second-order valence-corrected chi connectivity index (χ2v) is 5.71. The van der Waals surface area contributed by atoms with E-state index in [1.54, 1.807) is 17.5 Å². The number of amides is 1. The van der Waals surface area contributed by atoms with E-state index in [4.69, 9.17) is 5.11 Å². The summed E-state index contributed by atoms with van der Waals surface area (Å²) in [7, 11) is 0. The van der Waals surface area contributed by atoms with Gasteiger partial charge >= 0.3 is 5.97 Å². The monoisotopic (exact) mass is 339 g/mol. The lowest BCUT2D eigenvalue weighted by molar-refractivity contribution is 0.0698. The van der Waals surface area contributed by atoms with Gasteiger partial charge in [-0.15, -0.1) is 11.3 Å². The van der Waals surface area contributed by atoms with Crippen molar-refractivity contribution in [2.24, 2.45) is 0 Å². The quantitative estimate of drug-likeness (QED) is 0.894. The van der Waals surface area contributed by atoms with Crippen molar-refractivity contribution >= 4 is 44.1 Å². The van der Waals surface area contributed by atoms with E-state index in [0.29, 0.717) is 10.6 Å². The molecule has 98 valence electrons. The van der Waals surface area contributed by atoms with Crippen molar-refractivity contribution in [3.8, 4) is 0 Å². The van der Waals surface area contributed by atoms with Crippen molar-refractivity contribution < 1.29 is 14.7 Å². The molecule has 2 N–H and O–H groups in total. The van der Waals surface area contributed by atoms with Crippen molar-refractivity contribution in [3.63, 3.8) is 0 Å². The number of hydrogen-bond donors (Lipinski definition) is 2. The number of thiophene rings is 1. The highest BCUT2D eigenvalue weighted by atomic mass is 79.9. The molecule has 0 fully saturated rings. The van der Waals surface area contributed by atoms with Gasteiger partial charge in [-0.05, 0) is 42.1 Å². The molecule has 4 nitrogen and oxygen atoms in total. The van der Waals surface area contributed by atoms with Crippen LogP contribution in [0.4, 0.5) is 5.00 Å². The molecule has 1 heterocycles. The Morgan fingerprint density at radius 1 is 1.26 bits per heavy atom. The minimum Gasteiger partial charge on any atom is -0.478 e. The molecule has 6 heteroatoms. The van der Waals surface area contributed by atoms with Crippen molar-refractivity contribution in [3.05, 3.63) is 50.8 Å². The average molecular weight is 340 g/mol. The third-order valence-corrected chi connectivity index (χ3v) is 3.88. The molecule has 0 spiro atoms. The van der Waals surface area contributed by atoms with E-state index >= 15 is 0 Å². The van der Waals surface area contributed by atoms with Crippen molar-refractivity contribution in [1.82, 2.24) is 0 Å². The number of halogens is 1. The highest BCUT2D eigenvalue weighted by Gasteiger charge is 2.16. The first kappa shape index (κ1) is 13.8. The van der Waals surface area contributed by atoms with Gasteiger partial charge in [0.05, 0.1) is 5.56 Å². The van der Waals surface area contributed by atoms with Crippen LogP contribution in [0, 0.1) is 6.92 Å². The molecular formula is C13H10BrNO3S. The Bertz CT molecular complexity index is 651. The third-order valence-electron chi connectivity index (χ3n) is 2.56. The van der Waals surface area contributed by atoms with Crippen LogP contribution in [-0.4, -0.2) is 17.0 Å². The van der Waals surface area contributed by atoms with Gasteiger partial charge in [0.15, 0.2) is 0 Å². The summed E-state index contributed by atoms with van der Waals surface area (Å²) in [4.78, 5) is 23.1. The van der Waals surface area contributed by atoms with Gasteiger partial charge in [-0.3, -0.25) is 4.79 Å². The van der Waals surface area contributed by atoms with Gasteiger partial charge in [0.2, 0.25) is 0 Å². The summed E-state index contributed by atoms with van der Waals surface area (Å²) in [5.74, 6) is -1.36. The molecule has 2 aromatic rings. The number of nitrogens with one attached hydrogen (secondary N) is 1. The third kappa shape index (κ3) is 3.02. The fourth-order valence-corrected chi connectivity index (χ4v) is 2.88. The molecule has 0 saturated heterocycles. The largest absolute Gasteiger partial charge is 0.478 e. The standard InChI is InChI=1S/C13H10BrNO3S/c1-7-6-8(14)2-3-9(7)11(16)15-12-10(13(17)18)4-5-19-12/h2-6H,1H3,(H,15,16)(H,17,18). The van der Waals surface area contributed by atoms with Crippen LogP contribution in [0.3, 0.4) is 0 Å². The fraction of sp³-hybridized carbons (Fsp3) is 0.0769. The zero-order valence-corrected chi connectivity index (χ0v) is 12.3. The van der Waals surface area contributed by atoms with Crippen LogP contribution in [-0.2, 0) is 0 Å². The number of rotatable bonds is 3. The molecule has 0 unspecified atom stereocenters. The molecule has 0 aliphatic rings. The molecule has 0 saturated carbocycles. The molecule has 1 amide bonds. The normalized spacial score (nSPS) is 10.2. The highest BCUT2D eigenvalue weighted by molar-refractivity contribution is 9.10. The smallest absolute Gasteiger partial charge is 0.338 e. The lowest BCUT2D eigenvalue weighted by Crippen LogP contribution is -2.14. The zero-order chi connectivity index (χ0) is 14.0. The predicted octanol–water partition coefficient (Wildman–Crippen LogP) is 3.77. The molecule has 0 aliphatic carbocycles. The Morgan fingerprint density at radius 2 is 2.00 bits per heavy atom. The Kier molecular flexibility index (Phi) is 4.01. The number of hydrogen-bond acceptors (Lipinski definition) is 3. The summed E-state index contributed by atoms with van der Waals surface area (Å²) in [6.07, 6.45) is 0. The number of carboxylic acids is 1. The van der Waals surface area contributed by atoms with Gasteiger partial charge in [-0.1, -0.05) is 15.9 Å². The first-order valence-electron chi connectivity index (χ1n) is 5.37. The highest BCUT2D eigenvalue weighted by Crippen LogP contribution is 2.24. The summed E-state index contributed by atoms with van der Waals surface area (Å²) in [6, 6.07) is 6.77. The second-order valence-electron chi connectivity index (χ2n) is 3.88. The van der Waals surface area contributed by atoms with Crippen molar-refractivity contribution in [2.45, 2.75) is 6.92 Å². The summed E-state index contributed by atoms with van der Waals surface area (Å²) in [5, 5.41) is 13.6. The minimum atomic E-state index is -1.05. The van der Waals surface area contributed by atoms with Crippen LogP contribution in [0.5, 0.6) is 0 Å². The van der Waals surface area contributed by atoms with E-state index in [1.165, 1.54) is 17.4 Å². The maximum atomic E-state index is 12.1. The van der Waals surface area contributed by atoms with Gasteiger partial charge in [-0.25, -0.2) is 4.79 Å². The Labute approximate surface area is 122 Å². The fourth-order valence-electron chi connectivity index (χ4n) is 1.63. The molecule has 0 radical (unpaired) electrons. The van der Waals surface area contributed by atoms with Gasteiger partial charge in [0.1, 0.15) is 5.00 Å². The lowest BCUT2D eigenvalue weighted by Gasteiger charge is -2.07. The summed E-state index contributed by atoms with van der Waals surface area (Å²) < 4.78 is 0.892. The minimum absolute atomic E-state index is 0.105. The second kappa shape index (κ2) is 5.54. The van der Waals surface area contributed by atoms with Crippen LogP contribution < -0.4 is 5.32 Å². The predicted molar refractivity (Wildman–Crippen MR) is 78.1 cm³/mol. The number of carbonyl (C=O) groups excluding carboxylic acids is 1. The number of anilines is 1. The number of aromatic carboxylic acids is 1. The molecule has 19 heavy (non-hydrogen) atoms. The molecule has 0 aliphatic heterocycles. The van der Waals surface area contributed by atoms with Gasteiger partial charge in [-0.2, -0.15) is 0 Å². The van der Waals surface area contributed by atoms with E-state index in [1.807, 2.05) is 13.0 Å². The molecular weight excluding hydrogens is 330 g/mol. The maximum absolute atomic E-state index is 12.1. The van der Waals surface area contributed by atoms with Crippen molar-refractivity contribution in [1.29, 1.82) is 0 Å². The Morgan fingerprint density at radius 3 is 2.63 bits per heavy atom. The van der Waals surface area contributed by atoms with E-state index in [2.05, 4.69) is 21.2 Å². The van der Waals surface area contributed by atoms with Gasteiger partial charge in [0.25, 0.3) is 5.91 Å². The molecule has 2 rings (SSSR count).